The first-order valence-electron chi connectivity index (χ1n) is 12.1. The summed E-state index contributed by atoms with van der Waals surface area (Å²) in [4.78, 5) is 0. The van der Waals surface area contributed by atoms with Crippen LogP contribution in [-0.4, -0.2) is 29.5 Å². The molecule has 1 aromatic rings. The zero-order chi connectivity index (χ0) is 21.1. The topological polar surface area (TPSA) is 49.7 Å². The first-order valence-corrected chi connectivity index (χ1v) is 12.1. The summed E-state index contributed by atoms with van der Waals surface area (Å²) in [7, 11) is 1.69. The highest BCUT2D eigenvalue weighted by Crippen LogP contribution is 2.67. The SMILES string of the molecule is COc1ccc(/C=C2\C[C@H]3[C@@H]4CC[C@@H]5C[C@@H](O)CC[C@]5(C)[C@H]4CC[C@]3(C)[C@H]2O)cc1. The van der Waals surface area contributed by atoms with Gasteiger partial charge in [-0.3, -0.25) is 0 Å². The van der Waals surface area contributed by atoms with Crippen molar-refractivity contribution in [3.8, 4) is 5.75 Å². The molecule has 3 nitrogen and oxygen atoms in total. The second kappa shape index (κ2) is 7.38. The summed E-state index contributed by atoms with van der Waals surface area (Å²) in [6.45, 7) is 4.88. The van der Waals surface area contributed by atoms with Crippen LogP contribution in [0.5, 0.6) is 5.75 Å². The van der Waals surface area contributed by atoms with Gasteiger partial charge in [0.25, 0.3) is 0 Å². The Kier molecular flexibility index (Phi) is 5.06. The third-order valence-corrected chi connectivity index (χ3v) is 9.98. The molecule has 4 aliphatic rings. The lowest BCUT2D eigenvalue weighted by atomic mass is 9.45. The second-order valence-corrected chi connectivity index (χ2v) is 11.2. The standard InChI is InChI=1S/C27H38O3/c1-26-12-10-20(28)16-19(26)6-9-22-23(26)11-13-27(2)24(22)15-18(25(27)29)14-17-4-7-21(30-3)8-5-17/h4-5,7-8,14,19-20,22-25,28-29H,6,9-13,15-16H2,1-3H3/b18-14+/t19-,20+,22-,23+,24+,25+,26+,27+/m1/s1. The Morgan fingerprint density at radius 1 is 0.933 bits per heavy atom. The molecule has 0 unspecified atom stereocenters. The monoisotopic (exact) mass is 410 g/mol. The molecule has 164 valence electrons. The van der Waals surface area contributed by atoms with Crippen molar-refractivity contribution in [2.24, 2.45) is 34.5 Å². The lowest BCUT2D eigenvalue weighted by Crippen LogP contribution is -2.54. The van der Waals surface area contributed by atoms with Crippen LogP contribution >= 0.6 is 0 Å². The van der Waals surface area contributed by atoms with Crippen molar-refractivity contribution in [2.75, 3.05) is 7.11 Å². The maximum Gasteiger partial charge on any atom is 0.118 e. The molecule has 3 heteroatoms. The molecule has 0 saturated heterocycles. The summed E-state index contributed by atoms with van der Waals surface area (Å²) in [5.74, 6) is 3.62. The van der Waals surface area contributed by atoms with E-state index in [1.54, 1.807) is 7.11 Å². The van der Waals surface area contributed by atoms with Crippen LogP contribution in [0.2, 0.25) is 0 Å². The summed E-state index contributed by atoms with van der Waals surface area (Å²) in [6, 6.07) is 8.17. The van der Waals surface area contributed by atoms with E-state index in [2.05, 4.69) is 32.1 Å². The third kappa shape index (κ3) is 3.07. The molecule has 8 atom stereocenters. The van der Waals surface area contributed by atoms with Crippen LogP contribution in [0.1, 0.15) is 70.8 Å². The first-order chi connectivity index (χ1) is 14.3. The Morgan fingerprint density at radius 3 is 2.40 bits per heavy atom. The molecule has 1 aromatic carbocycles. The van der Waals surface area contributed by atoms with Crippen molar-refractivity contribution in [3.63, 3.8) is 0 Å². The summed E-state index contributed by atoms with van der Waals surface area (Å²) < 4.78 is 5.29. The molecule has 0 amide bonds. The number of hydrogen-bond donors (Lipinski definition) is 2. The van der Waals surface area contributed by atoms with Gasteiger partial charge < -0.3 is 14.9 Å². The number of benzene rings is 1. The second-order valence-electron chi connectivity index (χ2n) is 11.2. The van der Waals surface area contributed by atoms with Gasteiger partial charge in [0.05, 0.1) is 19.3 Å². The molecule has 0 radical (unpaired) electrons. The Labute approximate surface area is 181 Å². The quantitative estimate of drug-likeness (QED) is 0.681. The highest BCUT2D eigenvalue weighted by molar-refractivity contribution is 5.56. The van der Waals surface area contributed by atoms with Gasteiger partial charge in [0.15, 0.2) is 0 Å². The summed E-state index contributed by atoms with van der Waals surface area (Å²) in [5, 5.41) is 21.6. The summed E-state index contributed by atoms with van der Waals surface area (Å²) in [6.07, 6.45) is 10.9. The van der Waals surface area contributed by atoms with Crippen molar-refractivity contribution in [1.82, 2.24) is 0 Å². The van der Waals surface area contributed by atoms with E-state index in [0.29, 0.717) is 17.3 Å². The van der Waals surface area contributed by atoms with Gasteiger partial charge in [0.2, 0.25) is 0 Å². The molecule has 4 aliphatic carbocycles. The molecule has 0 bridgehead atoms. The number of rotatable bonds is 2. The maximum atomic E-state index is 11.4. The molecular weight excluding hydrogens is 372 g/mol. The Bertz CT molecular complexity index is 814. The molecule has 0 aromatic heterocycles. The highest BCUT2D eigenvalue weighted by Gasteiger charge is 2.61. The Balaban J connectivity index is 1.41. The van der Waals surface area contributed by atoms with E-state index in [9.17, 15) is 10.2 Å². The molecule has 0 heterocycles. The van der Waals surface area contributed by atoms with Crippen LogP contribution in [0.15, 0.2) is 29.8 Å². The number of aliphatic hydroxyl groups is 2. The fraction of sp³-hybridized carbons (Fsp3) is 0.704. The van der Waals surface area contributed by atoms with Crippen LogP contribution in [0, 0.1) is 34.5 Å². The van der Waals surface area contributed by atoms with Gasteiger partial charge in [-0.15, -0.1) is 0 Å². The fourth-order valence-electron chi connectivity index (χ4n) is 8.15. The normalized spacial score (nSPS) is 46.8. The lowest BCUT2D eigenvalue weighted by molar-refractivity contribution is -0.133. The van der Waals surface area contributed by atoms with E-state index in [0.717, 1.165) is 48.8 Å². The van der Waals surface area contributed by atoms with Gasteiger partial charge in [0, 0.05) is 5.41 Å². The van der Waals surface area contributed by atoms with Crippen molar-refractivity contribution < 1.29 is 14.9 Å². The van der Waals surface area contributed by atoms with E-state index in [4.69, 9.17) is 4.74 Å². The smallest absolute Gasteiger partial charge is 0.118 e. The van der Waals surface area contributed by atoms with Crippen molar-refractivity contribution in [1.29, 1.82) is 0 Å². The molecule has 0 spiro atoms. The molecule has 4 saturated carbocycles. The highest BCUT2D eigenvalue weighted by atomic mass is 16.5. The number of ether oxygens (including phenoxy) is 1. The van der Waals surface area contributed by atoms with Crippen LogP contribution in [-0.2, 0) is 0 Å². The van der Waals surface area contributed by atoms with Crippen LogP contribution in [0.25, 0.3) is 6.08 Å². The van der Waals surface area contributed by atoms with E-state index in [1.165, 1.54) is 31.3 Å². The molecule has 30 heavy (non-hydrogen) atoms. The molecule has 2 N–H and O–H groups in total. The molecule has 4 fully saturated rings. The van der Waals surface area contributed by atoms with Gasteiger partial charge in [-0.25, -0.2) is 0 Å². The predicted molar refractivity (Wildman–Crippen MR) is 120 cm³/mol. The zero-order valence-electron chi connectivity index (χ0n) is 18.8. The first kappa shape index (κ1) is 20.6. The van der Waals surface area contributed by atoms with Gasteiger partial charge in [-0.1, -0.05) is 32.1 Å². The lowest BCUT2D eigenvalue weighted by Gasteiger charge is -2.60. The number of hydrogen-bond acceptors (Lipinski definition) is 3. The minimum Gasteiger partial charge on any atom is -0.497 e. The molecule has 5 rings (SSSR count). The van der Waals surface area contributed by atoms with Gasteiger partial charge in [-0.2, -0.15) is 0 Å². The third-order valence-electron chi connectivity index (χ3n) is 9.98. The van der Waals surface area contributed by atoms with Crippen molar-refractivity contribution >= 4 is 6.08 Å². The van der Waals surface area contributed by atoms with Crippen LogP contribution in [0.4, 0.5) is 0 Å². The van der Waals surface area contributed by atoms with E-state index in [1.807, 2.05) is 12.1 Å². The minimum absolute atomic E-state index is 0.0108. The van der Waals surface area contributed by atoms with E-state index >= 15 is 0 Å². The van der Waals surface area contributed by atoms with Gasteiger partial charge >= 0.3 is 0 Å². The number of aliphatic hydroxyl groups excluding tert-OH is 2. The molecule has 0 aliphatic heterocycles. The zero-order valence-corrected chi connectivity index (χ0v) is 18.8. The predicted octanol–water partition coefficient (Wildman–Crippen LogP) is 5.45. The van der Waals surface area contributed by atoms with Crippen molar-refractivity contribution in [2.45, 2.75) is 77.4 Å². The maximum absolute atomic E-state index is 11.4. The van der Waals surface area contributed by atoms with E-state index in [-0.39, 0.29) is 17.6 Å². The van der Waals surface area contributed by atoms with Gasteiger partial charge in [0.1, 0.15) is 5.75 Å². The van der Waals surface area contributed by atoms with Crippen LogP contribution < -0.4 is 4.74 Å². The number of methoxy groups -OCH3 is 1. The average Bonchev–Trinajstić information content (AvgIpc) is 3.00. The Morgan fingerprint density at radius 2 is 1.67 bits per heavy atom. The van der Waals surface area contributed by atoms with Gasteiger partial charge in [-0.05, 0) is 104 Å². The Hall–Kier alpha value is -1.32. The summed E-state index contributed by atoms with van der Waals surface area (Å²) >= 11 is 0. The van der Waals surface area contributed by atoms with Crippen molar-refractivity contribution in [3.05, 3.63) is 35.4 Å². The number of fused-ring (bicyclic) bond motifs is 5. The largest absolute Gasteiger partial charge is 0.497 e. The fourth-order valence-corrected chi connectivity index (χ4v) is 8.15. The van der Waals surface area contributed by atoms with E-state index < -0.39 is 0 Å². The average molecular weight is 411 g/mol. The minimum atomic E-state index is -0.329. The molecular formula is C27H38O3. The van der Waals surface area contributed by atoms with Crippen LogP contribution in [0.3, 0.4) is 0 Å². The summed E-state index contributed by atoms with van der Waals surface area (Å²) in [5.41, 5.74) is 2.77.